The molecule has 2 aromatic carbocycles. The van der Waals surface area contributed by atoms with Crippen LogP contribution in [0.25, 0.3) is 11.5 Å². The maximum atomic E-state index is 11.0. The molecule has 0 saturated carbocycles. The zero-order valence-electron chi connectivity index (χ0n) is 17.9. The predicted molar refractivity (Wildman–Crippen MR) is 117 cm³/mol. The van der Waals surface area contributed by atoms with Crippen LogP contribution in [0.5, 0.6) is 11.5 Å². The van der Waals surface area contributed by atoms with E-state index < -0.39 is 5.97 Å². The van der Waals surface area contributed by atoms with Gasteiger partial charge in [0.2, 0.25) is 5.89 Å². The Morgan fingerprint density at radius 2 is 1.97 bits per heavy atom. The Balaban J connectivity index is 1.39. The molecule has 0 aliphatic heterocycles. The fourth-order valence-corrected chi connectivity index (χ4v) is 4.17. The van der Waals surface area contributed by atoms with Crippen LogP contribution in [0.2, 0.25) is 0 Å². The smallest absolute Gasteiger partial charge is 0.303 e. The quantitative estimate of drug-likeness (QED) is 0.521. The van der Waals surface area contributed by atoms with E-state index in [9.17, 15) is 4.79 Å². The van der Waals surface area contributed by atoms with Crippen LogP contribution in [0.1, 0.15) is 48.3 Å². The van der Waals surface area contributed by atoms with Crippen molar-refractivity contribution in [3.8, 4) is 23.0 Å². The Kier molecular flexibility index (Phi) is 6.26. The van der Waals surface area contributed by atoms with E-state index in [1.54, 1.807) is 7.11 Å². The van der Waals surface area contributed by atoms with Gasteiger partial charge < -0.3 is 19.0 Å². The molecule has 0 fully saturated rings. The van der Waals surface area contributed by atoms with Gasteiger partial charge in [0.1, 0.15) is 17.3 Å². The molecule has 0 amide bonds. The number of carboxylic acid groups (broad SMARTS) is 1. The Morgan fingerprint density at radius 3 is 2.68 bits per heavy atom. The zero-order chi connectivity index (χ0) is 21.8. The van der Waals surface area contributed by atoms with Gasteiger partial charge in [-0.3, -0.25) is 4.79 Å². The number of hydrogen-bond acceptors (Lipinski definition) is 5. The van der Waals surface area contributed by atoms with Crippen molar-refractivity contribution in [1.29, 1.82) is 0 Å². The van der Waals surface area contributed by atoms with E-state index in [4.69, 9.17) is 24.0 Å². The molecule has 3 aromatic rings. The molecule has 6 nitrogen and oxygen atoms in total. The molecule has 0 saturated heterocycles. The summed E-state index contributed by atoms with van der Waals surface area (Å²) >= 11 is 0. The summed E-state index contributed by atoms with van der Waals surface area (Å²) in [4.78, 5) is 15.7. The van der Waals surface area contributed by atoms with Gasteiger partial charge >= 0.3 is 5.97 Å². The molecule has 1 N–H and O–H groups in total. The van der Waals surface area contributed by atoms with E-state index >= 15 is 0 Å². The fourth-order valence-electron chi connectivity index (χ4n) is 4.17. The van der Waals surface area contributed by atoms with Crippen LogP contribution >= 0.6 is 0 Å². The summed E-state index contributed by atoms with van der Waals surface area (Å²) in [6, 6.07) is 13.7. The van der Waals surface area contributed by atoms with Gasteiger partial charge in [-0.2, -0.15) is 0 Å². The van der Waals surface area contributed by atoms with Crippen LogP contribution in [0, 0.1) is 0 Å². The number of fused-ring (bicyclic) bond motifs is 1. The molecule has 6 heteroatoms. The third-order valence-electron chi connectivity index (χ3n) is 5.78. The van der Waals surface area contributed by atoms with Crippen molar-refractivity contribution in [2.45, 2.75) is 44.9 Å². The monoisotopic (exact) mass is 421 g/mol. The van der Waals surface area contributed by atoms with Crippen LogP contribution in [0.4, 0.5) is 0 Å². The minimum atomic E-state index is -0.744. The first kappa shape index (κ1) is 21.0. The number of ether oxygens (including phenoxy) is 2. The normalized spacial score (nSPS) is 15.0. The molecule has 31 heavy (non-hydrogen) atoms. The lowest BCUT2D eigenvalue weighted by atomic mass is 9.98. The number of carboxylic acids is 1. The van der Waals surface area contributed by atoms with Gasteiger partial charge in [-0.25, -0.2) is 4.98 Å². The van der Waals surface area contributed by atoms with Crippen molar-refractivity contribution in [3.05, 3.63) is 65.0 Å². The summed E-state index contributed by atoms with van der Waals surface area (Å²) in [5.41, 5.74) is 4.16. The molecule has 1 heterocycles. The van der Waals surface area contributed by atoms with Crippen molar-refractivity contribution in [2.24, 2.45) is 0 Å². The summed E-state index contributed by atoms with van der Waals surface area (Å²) in [5, 5.41) is 9.08. The second-order valence-corrected chi connectivity index (χ2v) is 7.76. The van der Waals surface area contributed by atoms with Gasteiger partial charge in [-0.1, -0.05) is 13.0 Å². The SMILES string of the molecule is CCc1oc(-c2ccc(OC)cc2)nc1CCOc1ccc2c(c1)CC[C@H]2CC(=O)O. The minimum Gasteiger partial charge on any atom is -0.497 e. The third-order valence-corrected chi connectivity index (χ3v) is 5.78. The summed E-state index contributed by atoms with van der Waals surface area (Å²) in [6.45, 7) is 2.55. The van der Waals surface area contributed by atoms with E-state index in [1.165, 1.54) is 5.56 Å². The average molecular weight is 421 g/mol. The average Bonchev–Trinajstić information content (AvgIpc) is 3.37. The summed E-state index contributed by atoms with van der Waals surface area (Å²) in [6.07, 6.45) is 3.40. The molecular formula is C25H27NO5. The Labute approximate surface area is 181 Å². The number of rotatable bonds is 9. The number of hydrogen-bond donors (Lipinski definition) is 1. The van der Waals surface area contributed by atoms with Gasteiger partial charge in [0.25, 0.3) is 0 Å². The number of oxazole rings is 1. The van der Waals surface area contributed by atoms with Crippen molar-refractivity contribution in [2.75, 3.05) is 13.7 Å². The van der Waals surface area contributed by atoms with Crippen LogP contribution in [0.3, 0.4) is 0 Å². The van der Waals surface area contributed by atoms with Gasteiger partial charge in [-0.15, -0.1) is 0 Å². The summed E-state index contributed by atoms with van der Waals surface area (Å²) in [7, 11) is 1.64. The van der Waals surface area contributed by atoms with Gasteiger partial charge in [0.05, 0.1) is 25.8 Å². The van der Waals surface area contributed by atoms with Crippen molar-refractivity contribution in [1.82, 2.24) is 4.98 Å². The van der Waals surface area contributed by atoms with E-state index in [0.717, 1.165) is 53.3 Å². The molecule has 1 aliphatic carbocycles. The van der Waals surface area contributed by atoms with E-state index in [1.807, 2.05) is 42.5 Å². The second-order valence-electron chi connectivity index (χ2n) is 7.76. The summed E-state index contributed by atoms with van der Waals surface area (Å²) < 4.78 is 17.2. The number of carbonyl (C=O) groups is 1. The highest BCUT2D eigenvalue weighted by atomic mass is 16.5. The van der Waals surface area contributed by atoms with Crippen molar-refractivity contribution in [3.63, 3.8) is 0 Å². The van der Waals surface area contributed by atoms with Crippen LogP contribution in [-0.4, -0.2) is 29.8 Å². The zero-order valence-corrected chi connectivity index (χ0v) is 17.9. The highest BCUT2D eigenvalue weighted by molar-refractivity contribution is 5.68. The second kappa shape index (κ2) is 9.25. The fraction of sp³-hybridized carbons (Fsp3) is 0.360. The highest BCUT2D eigenvalue weighted by Gasteiger charge is 2.25. The molecule has 0 bridgehead atoms. The maximum absolute atomic E-state index is 11.0. The van der Waals surface area contributed by atoms with E-state index in [0.29, 0.717) is 18.9 Å². The molecule has 0 radical (unpaired) electrons. The van der Waals surface area contributed by atoms with E-state index in [-0.39, 0.29) is 12.3 Å². The van der Waals surface area contributed by atoms with Gasteiger partial charge in [0.15, 0.2) is 0 Å². The highest BCUT2D eigenvalue weighted by Crippen LogP contribution is 2.37. The number of methoxy groups -OCH3 is 1. The van der Waals surface area contributed by atoms with Crippen LogP contribution in [-0.2, 0) is 24.1 Å². The lowest BCUT2D eigenvalue weighted by Crippen LogP contribution is -2.05. The molecule has 1 aliphatic rings. The molecule has 0 unspecified atom stereocenters. The van der Waals surface area contributed by atoms with Crippen LogP contribution < -0.4 is 9.47 Å². The number of benzene rings is 2. The standard InChI is InChI=1S/C25H27NO5/c1-3-23-22(26-25(31-23)16-6-8-19(29-2)9-7-16)12-13-30-20-10-11-21-17(14-20)4-5-18(21)15-24(27)28/h6-11,14,18H,3-5,12-13,15H2,1-2H3,(H,27,28)/t18-/m0/s1. The van der Waals surface area contributed by atoms with Crippen molar-refractivity contribution < 1.29 is 23.8 Å². The lowest BCUT2D eigenvalue weighted by Gasteiger charge is -2.10. The third kappa shape index (κ3) is 4.74. The first-order valence-corrected chi connectivity index (χ1v) is 10.7. The minimum absolute atomic E-state index is 0.111. The number of aliphatic carboxylic acids is 1. The van der Waals surface area contributed by atoms with Crippen LogP contribution in [0.15, 0.2) is 46.9 Å². The Morgan fingerprint density at radius 1 is 1.19 bits per heavy atom. The molecule has 4 rings (SSSR count). The molecule has 0 spiro atoms. The number of nitrogens with zero attached hydrogens (tertiary/aromatic N) is 1. The lowest BCUT2D eigenvalue weighted by molar-refractivity contribution is -0.137. The maximum Gasteiger partial charge on any atom is 0.303 e. The first-order valence-electron chi connectivity index (χ1n) is 10.7. The first-order chi connectivity index (χ1) is 15.1. The van der Waals surface area contributed by atoms with E-state index in [2.05, 4.69) is 6.92 Å². The number of aryl methyl sites for hydroxylation is 2. The summed E-state index contributed by atoms with van der Waals surface area (Å²) in [5.74, 6) is 2.46. The molecule has 1 aromatic heterocycles. The molecular weight excluding hydrogens is 394 g/mol. The van der Waals surface area contributed by atoms with Crippen molar-refractivity contribution >= 4 is 5.97 Å². The topological polar surface area (TPSA) is 81.8 Å². The Hall–Kier alpha value is -3.28. The molecule has 162 valence electrons. The molecule has 1 atom stereocenters. The number of aromatic nitrogens is 1. The Bertz CT molecular complexity index is 1050. The largest absolute Gasteiger partial charge is 0.497 e. The predicted octanol–water partition coefficient (Wildman–Crippen LogP) is 5.04. The van der Waals surface area contributed by atoms with Gasteiger partial charge in [0, 0.05) is 18.4 Å². The van der Waals surface area contributed by atoms with Gasteiger partial charge in [-0.05, 0) is 66.3 Å².